The number of hydrogen-bond acceptors (Lipinski definition) is 8. The van der Waals surface area contributed by atoms with Crippen LogP contribution in [0.1, 0.15) is 57.1 Å². The molecule has 1 aliphatic rings. The molecule has 13 nitrogen and oxygen atoms in total. The summed E-state index contributed by atoms with van der Waals surface area (Å²) in [4.78, 5) is 77.0. The second-order valence-electron chi connectivity index (χ2n) is 11.4. The van der Waals surface area contributed by atoms with Crippen molar-refractivity contribution in [3.8, 4) is 5.75 Å². The Morgan fingerprint density at radius 3 is 2.22 bits per heavy atom. The van der Waals surface area contributed by atoms with Crippen molar-refractivity contribution in [1.82, 2.24) is 20.9 Å². The number of primary amides is 1. The summed E-state index contributed by atoms with van der Waals surface area (Å²) in [5.41, 5.74) is 13.2. The van der Waals surface area contributed by atoms with E-state index in [0.29, 0.717) is 38.0 Å². The third-order valence-corrected chi connectivity index (χ3v) is 7.66. The molecule has 1 heterocycles. The second kappa shape index (κ2) is 17.6. The molecule has 248 valence electrons. The zero-order chi connectivity index (χ0) is 33.6. The molecule has 2 aromatic rings. The SMILES string of the molecule is CCCC[C@@H](NC(=O)[C@@H](N)Cc1ccc(OC(C)=O)cc1)C(=O)NCC(=O)N[C@@H](Cc1ccccc1)C(=O)N1CCC[C@H]1C(N)=O. The molecule has 2 aromatic carbocycles. The van der Waals surface area contributed by atoms with E-state index in [4.69, 9.17) is 16.2 Å². The van der Waals surface area contributed by atoms with Gasteiger partial charge in [-0.1, -0.05) is 62.2 Å². The molecule has 5 amide bonds. The fourth-order valence-corrected chi connectivity index (χ4v) is 5.27. The smallest absolute Gasteiger partial charge is 0.308 e. The zero-order valence-electron chi connectivity index (χ0n) is 26.3. The van der Waals surface area contributed by atoms with E-state index in [1.807, 2.05) is 37.3 Å². The number of hydrogen-bond donors (Lipinski definition) is 5. The molecule has 0 aliphatic carbocycles. The first kappa shape index (κ1) is 35.7. The average Bonchev–Trinajstić information content (AvgIpc) is 3.53. The summed E-state index contributed by atoms with van der Waals surface area (Å²) in [5.74, 6) is -2.79. The van der Waals surface area contributed by atoms with Gasteiger partial charge in [0.2, 0.25) is 29.5 Å². The van der Waals surface area contributed by atoms with Crippen LogP contribution in [-0.2, 0) is 41.6 Å². The summed E-state index contributed by atoms with van der Waals surface area (Å²) in [5, 5.41) is 7.97. The summed E-state index contributed by atoms with van der Waals surface area (Å²) in [6.07, 6.45) is 3.19. The Morgan fingerprint density at radius 2 is 1.59 bits per heavy atom. The van der Waals surface area contributed by atoms with Crippen LogP contribution in [0.3, 0.4) is 0 Å². The first-order valence-electron chi connectivity index (χ1n) is 15.5. The number of rotatable bonds is 16. The third kappa shape index (κ3) is 11.0. The Bertz CT molecular complexity index is 1370. The largest absolute Gasteiger partial charge is 0.427 e. The number of nitrogens with two attached hydrogens (primary N) is 2. The lowest BCUT2D eigenvalue weighted by molar-refractivity contribution is -0.140. The Hall–Kier alpha value is -4.78. The van der Waals surface area contributed by atoms with Gasteiger partial charge < -0.3 is 37.1 Å². The van der Waals surface area contributed by atoms with E-state index in [9.17, 15) is 28.8 Å². The van der Waals surface area contributed by atoms with Crippen LogP contribution in [0, 0.1) is 0 Å². The number of likely N-dealkylation sites (tertiary alicyclic amines) is 1. The third-order valence-electron chi connectivity index (χ3n) is 7.66. The quantitative estimate of drug-likeness (QED) is 0.129. The van der Waals surface area contributed by atoms with Crippen molar-refractivity contribution in [3.05, 3.63) is 65.7 Å². The Kier molecular flexibility index (Phi) is 13.7. The van der Waals surface area contributed by atoms with Gasteiger partial charge in [0.1, 0.15) is 23.9 Å². The van der Waals surface area contributed by atoms with Gasteiger partial charge >= 0.3 is 5.97 Å². The molecular weight excluding hydrogens is 592 g/mol. The van der Waals surface area contributed by atoms with Gasteiger partial charge in [0, 0.05) is 19.9 Å². The van der Waals surface area contributed by atoms with Crippen molar-refractivity contribution < 1.29 is 33.5 Å². The van der Waals surface area contributed by atoms with E-state index in [1.165, 1.54) is 11.8 Å². The van der Waals surface area contributed by atoms with Gasteiger partial charge in [-0.05, 0) is 48.9 Å². The number of unbranched alkanes of at least 4 members (excludes halogenated alkanes) is 1. The Labute approximate surface area is 268 Å². The van der Waals surface area contributed by atoms with Crippen LogP contribution in [0.5, 0.6) is 5.75 Å². The number of ether oxygens (including phenoxy) is 1. The molecule has 0 radical (unpaired) electrons. The number of carbonyl (C=O) groups is 6. The van der Waals surface area contributed by atoms with Crippen molar-refractivity contribution in [2.75, 3.05) is 13.1 Å². The highest BCUT2D eigenvalue weighted by molar-refractivity contribution is 5.94. The van der Waals surface area contributed by atoms with Gasteiger partial charge in [-0.2, -0.15) is 0 Å². The van der Waals surface area contributed by atoms with E-state index in [1.54, 1.807) is 24.3 Å². The number of benzene rings is 2. The maximum Gasteiger partial charge on any atom is 0.308 e. The maximum absolute atomic E-state index is 13.5. The molecule has 0 bridgehead atoms. The van der Waals surface area contributed by atoms with E-state index < -0.39 is 66.2 Å². The van der Waals surface area contributed by atoms with E-state index in [0.717, 1.165) is 17.5 Å². The number of amides is 5. The normalized spacial score (nSPS) is 16.1. The molecule has 1 fully saturated rings. The average molecular weight is 637 g/mol. The molecule has 0 saturated carbocycles. The van der Waals surface area contributed by atoms with Gasteiger partial charge in [0.15, 0.2) is 0 Å². The molecule has 46 heavy (non-hydrogen) atoms. The lowest BCUT2D eigenvalue weighted by Gasteiger charge is -2.28. The number of carbonyl (C=O) groups excluding carboxylic acids is 6. The summed E-state index contributed by atoms with van der Waals surface area (Å²) < 4.78 is 5.02. The van der Waals surface area contributed by atoms with Gasteiger partial charge in [-0.15, -0.1) is 0 Å². The highest BCUT2D eigenvalue weighted by Gasteiger charge is 2.36. The molecule has 4 atom stereocenters. The Morgan fingerprint density at radius 1 is 0.913 bits per heavy atom. The number of nitrogens with zero attached hydrogens (tertiary/aromatic N) is 1. The van der Waals surface area contributed by atoms with Crippen LogP contribution in [-0.4, -0.2) is 77.7 Å². The first-order valence-corrected chi connectivity index (χ1v) is 15.5. The molecule has 0 spiro atoms. The van der Waals surface area contributed by atoms with E-state index in [-0.39, 0.29) is 12.8 Å². The first-order chi connectivity index (χ1) is 22.0. The van der Waals surface area contributed by atoms with Crippen LogP contribution in [0.4, 0.5) is 0 Å². The molecule has 13 heteroatoms. The molecule has 1 aliphatic heterocycles. The highest BCUT2D eigenvalue weighted by atomic mass is 16.5. The molecular formula is C33H44N6O7. The molecule has 7 N–H and O–H groups in total. The Balaban J connectivity index is 1.60. The van der Waals surface area contributed by atoms with Crippen molar-refractivity contribution in [2.24, 2.45) is 11.5 Å². The van der Waals surface area contributed by atoms with Gasteiger partial charge in [-0.3, -0.25) is 28.8 Å². The van der Waals surface area contributed by atoms with Crippen LogP contribution in [0.25, 0.3) is 0 Å². The minimum absolute atomic E-state index is 0.181. The summed E-state index contributed by atoms with van der Waals surface area (Å²) in [6.45, 7) is 3.16. The fourth-order valence-electron chi connectivity index (χ4n) is 5.27. The van der Waals surface area contributed by atoms with Gasteiger partial charge in [-0.25, -0.2) is 0 Å². The number of nitrogens with one attached hydrogen (secondary N) is 3. The summed E-state index contributed by atoms with van der Waals surface area (Å²) >= 11 is 0. The molecule has 3 rings (SSSR count). The van der Waals surface area contributed by atoms with Gasteiger partial charge in [0.25, 0.3) is 0 Å². The molecule has 0 unspecified atom stereocenters. The predicted molar refractivity (Wildman–Crippen MR) is 170 cm³/mol. The maximum atomic E-state index is 13.5. The van der Waals surface area contributed by atoms with Crippen LogP contribution in [0.15, 0.2) is 54.6 Å². The van der Waals surface area contributed by atoms with Crippen molar-refractivity contribution in [3.63, 3.8) is 0 Å². The minimum Gasteiger partial charge on any atom is -0.427 e. The van der Waals surface area contributed by atoms with Gasteiger partial charge in [0.05, 0.1) is 12.6 Å². The van der Waals surface area contributed by atoms with Crippen LogP contribution >= 0.6 is 0 Å². The topological polar surface area (TPSA) is 203 Å². The lowest BCUT2D eigenvalue weighted by Crippen LogP contribution is -2.56. The molecule has 1 saturated heterocycles. The van der Waals surface area contributed by atoms with Crippen LogP contribution < -0.4 is 32.2 Å². The minimum atomic E-state index is -0.983. The summed E-state index contributed by atoms with van der Waals surface area (Å²) in [7, 11) is 0. The molecule has 0 aromatic heterocycles. The van der Waals surface area contributed by atoms with Crippen molar-refractivity contribution in [2.45, 2.75) is 83.0 Å². The highest BCUT2D eigenvalue weighted by Crippen LogP contribution is 2.19. The van der Waals surface area contributed by atoms with Crippen LogP contribution in [0.2, 0.25) is 0 Å². The van der Waals surface area contributed by atoms with Crippen molar-refractivity contribution >= 4 is 35.5 Å². The van der Waals surface area contributed by atoms with E-state index in [2.05, 4.69) is 16.0 Å². The lowest BCUT2D eigenvalue weighted by atomic mass is 10.0. The van der Waals surface area contributed by atoms with E-state index >= 15 is 0 Å². The fraction of sp³-hybridized carbons (Fsp3) is 0.455. The zero-order valence-corrected chi connectivity index (χ0v) is 26.3. The number of esters is 1. The summed E-state index contributed by atoms with van der Waals surface area (Å²) in [6, 6.07) is 12.1. The predicted octanol–water partition coefficient (Wildman–Crippen LogP) is 0.477. The van der Waals surface area contributed by atoms with Crippen molar-refractivity contribution in [1.29, 1.82) is 0 Å². The second-order valence-corrected chi connectivity index (χ2v) is 11.4. The standard InChI is InChI=1S/C33H44N6O7/c1-3-4-11-26(38-31(43)25(34)18-23-13-15-24(16-14-23)46-21(2)40)32(44)36-20-29(41)37-27(19-22-9-6-5-7-10-22)33(45)39-17-8-12-28(39)30(35)42/h5-7,9-10,13-16,25-28H,3-4,8,11-12,17-20,34H2,1-2H3,(H2,35,42)(H,36,44)(H,37,41)(H,38,43)/t25-,26+,27-,28-/m0/s1. The monoisotopic (exact) mass is 636 g/mol.